The Balaban J connectivity index is 2.28. The van der Waals surface area contributed by atoms with Crippen molar-refractivity contribution < 1.29 is 4.74 Å². The fourth-order valence-corrected chi connectivity index (χ4v) is 1.95. The van der Waals surface area contributed by atoms with Crippen LogP contribution in [0.15, 0.2) is 46.9 Å². The molecule has 0 aromatic heterocycles. The number of hydrogen-bond donors (Lipinski definition) is 0. The molecule has 0 aliphatic carbocycles. The van der Waals surface area contributed by atoms with Gasteiger partial charge in [-0.15, -0.1) is 0 Å². The molecule has 0 heterocycles. The van der Waals surface area contributed by atoms with Crippen molar-refractivity contribution in [3.63, 3.8) is 0 Å². The smallest absolute Gasteiger partial charge is 0.141 e. The molecule has 2 nitrogen and oxygen atoms in total. The van der Waals surface area contributed by atoms with E-state index in [0.717, 1.165) is 4.47 Å². The second-order valence-corrected chi connectivity index (χ2v) is 4.61. The fraction of sp³-hybridized carbons (Fsp3) is 0. The maximum Gasteiger partial charge on any atom is 0.141 e. The molecule has 2 aromatic carbocycles. The largest absolute Gasteiger partial charge is 0.456 e. The SMILES string of the molecule is N#Cc1ccc(Oc2cccc(Cl)c2)c(Br)c1. The summed E-state index contributed by atoms with van der Waals surface area (Å²) in [6.07, 6.45) is 0. The van der Waals surface area contributed by atoms with E-state index in [2.05, 4.69) is 22.0 Å². The summed E-state index contributed by atoms with van der Waals surface area (Å²) in [6.45, 7) is 0. The minimum atomic E-state index is 0.579. The van der Waals surface area contributed by atoms with Gasteiger partial charge in [-0.25, -0.2) is 0 Å². The first-order valence-electron chi connectivity index (χ1n) is 4.82. The molecule has 0 spiro atoms. The van der Waals surface area contributed by atoms with Gasteiger partial charge < -0.3 is 4.74 Å². The minimum absolute atomic E-state index is 0.579. The molecule has 0 aliphatic rings. The first-order chi connectivity index (χ1) is 8.19. The first kappa shape index (κ1) is 12.0. The van der Waals surface area contributed by atoms with Gasteiger partial charge in [0.1, 0.15) is 11.5 Å². The van der Waals surface area contributed by atoms with Gasteiger partial charge in [0.2, 0.25) is 0 Å². The number of ether oxygens (including phenoxy) is 1. The third-order valence-electron chi connectivity index (χ3n) is 2.08. The van der Waals surface area contributed by atoms with Crippen LogP contribution in [0.2, 0.25) is 5.02 Å². The maximum absolute atomic E-state index is 8.75. The molecule has 0 amide bonds. The van der Waals surface area contributed by atoms with Crippen molar-refractivity contribution in [3.8, 4) is 17.6 Å². The lowest BCUT2D eigenvalue weighted by Gasteiger charge is -2.07. The van der Waals surface area contributed by atoms with E-state index >= 15 is 0 Å². The molecule has 0 fully saturated rings. The van der Waals surface area contributed by atoms with Crippen molar-refractivity contribution in [1.29, 1.82) is 5.26 Å². The molecule has 0 unspecified atom stereocenters. The van der Waals surface area contributed by atoms with E-state index < -0.39 is 0 Å². The van der Waals surface area contributed by atoms with E-state index in [-0.39, 0.29) is 0 Å². The Labute approximate surface area is 113 Å². The summed E-state index contributed by atoms with van der Waals surface area (Å²) < 4.78 is 6.38. The summed E-state index contributed by atoms with van der Waals surface area (Å²) >= 11 is 9.22. The third-order valence-corrected chi connectivity index (χ3v) is 2.94. The molecule has 84 valence electrons. The Bertz CT molecular complexity index is 592. The highest BCUT2D eigenvalue weighted by atomic mass is 79.9. The van der Waals surface area contributed by atoms with Crippen LogP contribution in [0.3, 0.4) is 0 Å². The monoisotopic (exact) mass is 307 g/mol. The summed E-state index contributed by atoms with van der Waals surface area (Å²) in [4.78, 5) is 0. The summed E-state index contributed by atoms with van der Waals surface area (Å²) in [5, 5.41) is 9.37. The average molecular weight is 309 g/mol. The van der Waals surface area contributed by atoms with Crippen LogP contribution < -0.4 is 4.74 Å². The second-order valence-electron chi connectivity index (χ2n) is 3.32. The fourth-order valence-electron chi connectivity index (χ4n) is 1.31. The number of rotatable bonds is 2. The van der Waals surface area contributed by atoms with Crippen molar-refractivity contribution in [2.45, 2.75) is 0 Å². The number of benzene rings is 2. The van der Waals surface area contributed by atoms with E-state index in [1.165, 1.54) is 0 Å². The van der Waals surface area contributed by atoms with Gasteiger partial charge in [-0.3, -0.25) is 0 Å². The van der Waals surface area contributed by atoms with Gasteiger partial charge in [-0.05, 0) is 52.3 Å². The minimum Gasteiger partial charge on any atom is -0.456 e. The highest BCUT2D eigenvalue weighted by Gasteiger charge is 2.04. The molecule has 2 aromatic rings. The molecule has 0 saturated heterocycles. The van der Waals surface area contributed by atoms with Crippen molar-refractivity contribution in [2.24, 2.45) is 0 Å². The van der Waals surface area contributed by atoms with E-state index in [4.69, 9.17) is 21.6 Å². The molecule has 17 heavy (non-hydrogen) atoms. The van der Waals surface area contributed by atoms with E-state index in [0.29, 0.717) is 22.1 Å². The van der Waals surface area contributed by atoms with Gasteiger partial charge >= 0.3 is 0 Å². The Morgan fingerprint density at radius 2 is 2.00 bits per heavy atom. The normalized spacial score (nSPS) is 9.71. The van der Waals surface area contributed by atoms with E-state index in [1.807, 2.05) is 12.1 Å². The number of nitriles is 1. The second kappa shape index (κ2) is 5.22. The number of halogens is 2. The first-order valence-corrected chi connectivity index (χ1v) is 5.99. The Kier molecular flexibility index (Phi) is 3.68. The molecule has 0 N–H and O–H groups in total. The van der Waals surface area contributed by atoms with Crippen molar-refractivity contribution in [2.75, 3.05) is 0 Å². The average Bonchev–Trinajstić information content (AvgIpc) is 2.32. The lowest BCUT2D eigenvalue weighted by molar-refractivity contribution is 0.479. The Hall–Kier alpha value is -1.50. The Morgan fingerprint density at radius 3 is 2.65 bits per heavy atom. The van der Waals surface area contributed by atoms with Gasteiger partial charge in [-0.1, -0.05) is 17.7 Å². The van der Waals surface area contributed by atoms with E-state index in [9.17, 15) is 0 Å². The van der Waals surface area contributed by atoms with Crippen LogP contribution in [-0.2, 0) is 0 Å². The van der Waals surface area contributed by atoms with Crippen LogP contribution in [0.25, 0.3) is 0 Å². The molecule has 0 radical (unpaired) electrons. The zero-order chi connectivity index (χ0) is 12.3. The van der Waals surface area contributed by atoms with Crippen molar-refractivity contribution in [1.82, 2.24) is 0 Å². The molecule has 0 atom stereocenters. The molecule has 2 rings (SSSR count). The quantitative estimate of drug-likeness (QED) is 0.801. The zero-order valence-electron chi connectivity index (χ0n) is 8.65. The maximum atomic E-state index is 8.75. The topological polar surface area (TPSA) is 33.0 Å². The van der Waals surface area contributed by atoms with Gasteiger partial charge in [-0.2, -0.15) is 5.26 Å². The van der Waals surface area contributed by atoms with Crippen LogP contribution in [0.1, 0.15) is 5.56 Å². The predicted octanol–water partition coefficient (Wildman–Crippen LogP) is 4.77. The summed E-state index contributed by atoms with van der Waals surface area (Å²) in [7, 11) is 0. The molecule has 4 heteroatoms. The van der Waals surface area contributed by atoms with Gasteiger partial charge in [0, 0.05) is 5.02 Å². The third kappa shape index (κ3) is 3.00. The zero-order valence-corrected chi connectivity index (χ0v) is 11.0. The van der Waals surface area contributed by atoms with Gasteiger partial charge in [0.05, 0.1) is 16.1 Å². The van der Waals surface area contributed by atoms with Crippen molar-refractivity contribution >= 4 is 27.5 Å². The van der Waals surface area contributed by atoms with Gasteiger partial charge in [0.25, 0.3) is 0 Å². The number of hydrogen-bond acceptors (Lipinski definition) is 2. The summed E-state index contributed by atoms with van der Waals surface area (Å²) in [5.74, 6) is 1.30. The summed E-state index contributed by atoms with van der Waals surface area (Å²) in [6, 6.07) is 14.3. The van der Waals surface area contributed by atoms with Crippen LogP contribution in [-0.4, -0.2) is 0 Å². The molecular weight excluding hydrogens is 302 g/mol. The van der Waals surface area contributed by atoms with Crippen LogP contribution in [0, 0.1) is 11.3 Å². The van der Waals surface area contributed by atoms with Crippen LogP contribution >= 0.6 is 27.5 Å². The molecular formula is C13H7BrClNO. The highest BCUT2D eigenvalue weighted by molar-refractivity contribution is 9.10. The Morgan fingerprint density at radius 1 is 1.18 bits per heavy atom. The van der Waals surface area contributed by atoms with Crippen LogP contribution in [0.5, 0.6) is 11.5 Å². The standard InChI is InChI=1S/C13H7BrClNO/c14-12-6-9(8-16)4-5-13(12)17-11-3-1-2-10(15)7-11/h1-7H. The highest BCUT2D eigenvalue weighted by Crippen LogP contribution is 2.31. The lowest BCUT2D eigenvalue weighted by atomic mass is 10.2. The van der Waals surface area contributed by atoms with Gasteiger partial charge in [0.15, 0.2) is 0 Å². The summed E-state index contributed by atoms with van der Waals surface area (Å²) in [5.41, 5.74) is 0.579. The van der Waals surface area contributed by atoms with E-state index in [1.54, 1.807) is 30.3 Å². The van der Waals surface area contributed by atoms with Crippen molar-refractivity contribution in [3.05, 3.63) is 57.5 Å². The predicted molar refractivity (Wildman–Crippen MR) is 70.4 cm³/mol. The number of nitrogens with zero attached hydrogens (tertiary/aromatic N) is 1. The molecule has 0 saturated carbocycles. The van der Waals surface area contributed by atoms with Crippen LogP contribution in [0.4, 0.5) is 0 Å². The lowest BCUT2D eigenvalue weighted by Crippen LogP contribution is -1.86. The molecule has 0 bridgehead atoms. The molecule has 0 aliphatic heterocycles.